The molecule has 0 saturated carbocycles. The van der Waals surface area contributed by atoms with Gasteiger partial charge in [0.15, 0.2) is 0 Å². The van der Waals surface area contributed by atoms with E-state index in [9.17, 15) is 0 Å². The highest BCUT2D eigenvalue weighted by atomic mass is 35.5. The summed E-state index contributed by atoms with van der Waals surface area (Å²) in [6.45, 7) is 2.19. The van der Waals surface area contributed by atoms with Crippen molar-refractivity contribution >= 4 is 46.3 Å². The minimum atomic E-state index is 0.244. The molecule has 1 heterocycles. The fraction of sp³-hybridized carbons (Fsp3) is 0.100. The Labute approximate surface area is 156 Å². The average Bonchev–Trinajstić information content (AvgIpc) is 2.61. The van der Waals surface area contributed by atoms with Crippen LogP contribution in [0.25, 0.3) is 0 Å². The van der Waals surface area contributed by atoms with Gasteiger partial charge in [0.1, 0.15) is 0 Å². The molecule has 0 aromatic heterocycles. The molecule has 0 fully saturated rings. The monoisotopic (exact) mass is 371 g/mol. The summed E-state index contributed by atoms with van der Waals surface area (Å²) in [4.78, 5) is 2.51. The van der Waals surface area contributed by atoms with Gasteiger partial charge in [-0.1, -0.05) is 66.2 Å². The van der Waals surface area contributed by atoms with Crippen LogP contribution in [0.5, 0.6) is 0 Å². The highest BCUT2D eigenvalue weighted by molar-refractivity contribution is 7.99. The molecule has 4 heteroatoms. The van der Waals surface area contributed by atoms with Gasteiger partial charge in [-0.05, 0) is 47.5 Å². The van der Waals surface area contributed by atoms with Crippen LogP contribution >= 0.6 is 35.0 Å². The number of rotatable bonds is 2. The predicted octanol–water partition coefficient (Wildman–Crippen LogP) is 7.35. The van der Waals surface area contributed by atoms with Crippen molar-refractivity contribution in [3.05, 3.63) is 81.8 Å². The first kappa shape index (κ1) is 15.9. The molecule has 1 aliphatic heterocycles. The van der Waals surface area contributed by atoms with Gasteiger partial charge in [-0.3, -0.25) is 0 Å². The number of hydrogen-bond donors (Lipinski definition) is 1. The zero-order valence-corrected chi connectivity index (χ0v) is 15.3. The molecule has 1 N–H and O–H groups in total. The van der Waals surface area contributed by atoms with Crippen molar-refractivity contribution in [1.29, 1.82) is 0 Å². The van der Waals surface area contributed by atoms with Crippen LogP contribution in [-0.2, 0) is 0 Å². The number of anilines is 2. The molecule has 3 aromatic carbocycles. The molecule has 24 heavy (non-hydrogen) atoms. The summed E-state index contributed by atoms with van der Waals surface area (Å²) >= 11 is 14.0. The van der Waals surface area contributed by atoms with Gasteiger partial charge in [-0.25, -0.2) is 0 Å². The molecule has 1 unspecified atom stereocenters. The van der Waals surface area contributed by atoms with Gasteiger partial charge in [-0.2, -0.15) is 0 Å². The van der Waals surface area contributed by atoms with Gasteiger partial charge in [0.25, 0.3) is 0 Å². The fourth-order valence-corrected chi connectivity index (χ4v) is 4.18. The second-order valence-electron chi connectivity index (χ2n) is 5.87. The molecule has 1 aliphatic rings. The van der Waals surface area contributed by atoms with Crippen molar-refractivity contribution in [2.45, 2.75) is 22.6 Å². The Kier molecular flexibility index (Phi) is 4.21. The van der Waals surface area contributed by atoms with E-state index < -0.39 is 0 Å². The SMILES string of the molecule is CC(c1ccc(Cl)c(Cl)c1)c1ccc2c(c1)Nc1ccccc1S2. The smallest absolute Gasteiger partial charge is 0.0595 e. The highest BCUT2D eigenvalue weighted by Crippen LogP contribution is 2.45. The van der Waals surface area contributed by atoms with E-state index in [1.54, 1.807) is 11.8 Å². The van der Waals surface area contributed by atoms with Crippen molar-refractivity contribution in [1.82, 2.24) is 0 Å². The lowest BCUT2D eigenvalue weighted by molar-refractivity contribution is 0.920. The van der Waals surface area contributed by atoms with Gasteiger partial charge < -0.3 is 5.32 Å². The van der Waals surface area contributed by atoms with E-state index in [1.807, 2.05) is 18.2 Å². The molecule has 0 bridgehead atoms. The Balaban J connectivity index is 1.67. The zero-order chi connectivity index (χ0) is 16.7. The van der Waals surface area contributed by atoms with Crippen molar-refractivity contribution in [2.24, 2.45) is 0 Å². The summed E-state index contributed by atoms with van der Waals surface area (Å²) < 4.78 is 0. The topological polar surface area (TPSA) is 12.0 Å². The zero-order valence-electron chi connectivity index (χ0n) is 13.0. The van der Waals surface area contributed by atoms with Crippen LogP contribution in [0.15, 0.2) is 70.5 Å². The van der Waals surface area contributed by atoms with Crippen molar-refractivity contribution in [2.75, 3.05) is 5.32 Å². The van der Waals surface area contributed by atoms with Crippen molar-refractivity contribution in [3.8, 4) is 0 Å². The maximum atomic E-state index is 6.17. The summed E-state index contributed by atoms with van der Waals surface area (Å²) in [5.74, 6) is 0.244. The predicted molar refractivity (Wildman–Crippen MR) is 104 cm³/mol. The maximum Gasteiger partial charge on any atom is 0.0595 e. The average molecular weight is 372 g/mol. The van der Waals surface area contributed by atoms with E-state index in [0.717, 1.165) is 16.9 Å². The standard InChI is InChI=1S/C20H15Cl2NS/c1-12(13-6-8-15(21)16(22)10-13)14-7-9-20-18(11-14)23-17-4-2-3-5-19(17)24-20/h2-12,23H,1H3. The van der Waals surface area contributed by atoms with Crippen LogP contribution in [0, 0.1) is 0 Å². The third-order valence-electron chi connectivity index (χ3n) is 4.32. The Morgan fingerprint density at radius 1 is 0.792 bits per heavy atom. The second-order valence-corrected chi connectivity index (χ2v) is 7.77. The van der Waals surface area contributed by atoms with Crippen LogP contribution in [0.2, 0.25) is 10.0 Å². The largest absolute Gasteiger partial charge is 0.354 e. The number of halogens is 2. The lowest BCUT2D eigenvalue weighted by Gasteiger charge is -2.22. The number of para-hydroxylation sites is 1. The highest BCUT2D eigenvalue weighted by Gasteiger charge is 2.17. The lowest BCUT2D eigenvalue weighted by Crippen LogP contribution is -2.02. The van der Waals surface area contributed by atoms with E-state index in [4.69, 9.17) is 23.2 Å². The summed E-state index contributed by atoms with van der Waals surface area (Å²) in [7, 11) is 0. The van der Waals surface area contributed by atoms with Gasteiger partial charge in [0.05, 0.1) is 21.4 Å². The maximum absolute atomic E-state index is 6.17. The lowest BCUT2D eigenvalue weighted by atomic mass is 9.93. The first-order chi connectivity index (χ1) is 11.6. The quantitative estimate of drug-likeness (QED) is 0.395. The van der Waals surface area contributed by atoms with Gasteiger partial charge in [0, 0.05) is 15.7 Å². The first-order valence-corrected chi connectivity index (χ1v) is 9.32. The van der Waals surface area contributed by atoms with Crippen LogP contribution in [0.3, 0.4) is 0 Å². The molecule has 1 nitrogen and oxygen atoms in total. The normalized spacial score (nSPS) is 13.6. The van der Waals surface area contributed by atoms with Crippen molar-refractivity contribution < 1.29 is 0 Å². The van der Waals surface area contributed by atoms with Crippen LogP contribution < -0.4 is 5.32 Å². The number of nitrogens with one attached hydrogen (secondary N) is 1. The van der Waals surface area contributed by atoms with E-state index in [2.05, 4.69) is 54.7 Å². The summed E-state index contributed by atoms with van der Waals surface area (Å²) in [6.07, 6.45) is 0. The first-order valence-electron chi connectivity index (χ1n) is 7.74. The summed E-state index contributed by atoms with van der Waals surface area (Å²) in [5, 5.41) is 4.73. The van der Waals surface area contributed by atoms with Crippen molar-refractivity contribution in [3.63, 3.8) is 0 Å². The fourth-order valence-electron chi connectivity index (χ4n) is 2.90. The molecule has 0 saturated heterocycles. The third kappa shape index (κ3) is 2.90. The minimum absolute atomic E-state index is 0.244. The van der Waals surface area contributed by atoms with Gasteiger partial charge >= 0.3 is 0 Å². The van der Waals surface area contributed by atoms with E-state index in [0.29, 0.717) is 10.0 Å². The molecular formula is C20H15Cl2NS. The van der Waals surface area contributed by atoms with Crippen LogP contribution in [-0.4, -0.2) is 0 Å². The Morgan fingerprint density at radius 2 is 1.50 bits per heavy atom. The molecule has 0 amide bonds. The van der Waals surface area contributed by atoms with Crippen LogP contribution in [0.1, 0.15) is 24.0 Å². The molecule has 4 rings (SSSR count). The Hall–Kier alpha value is -1.61. The number of benzene rings is 3. The molecule has 0 radical (unpaired) electrons. The molecular weight excluding hydrogens is 357 g/mol. The Bertz CT molecular complexity index is 923. The number of hydrogen-bond acceptors (Lipinski definition) is 2. The van der Waals surface area contributed by atoms with Gasteiger partial charge in [0.2, 0.25) is 0 Å². The number of fused-ring (bicyclic) bond motifs is 2. The van der Waals surface area contributed by atoms with E-state index in [1.165, 1.54) is 15.4 Å². The second kappa shape index (κ2) is 6.36. The summed E-state index contributed by atoms with van der Waals surface area (Å²) in [6, 6.07) is 20.8. The summed E-state index contributed by atoms with van der Waals surface area (Å²) in [5.41, 5.74) is 4.73. The molecule has 3 aromatic rings. The molecule has 0 spiro atoms. The van der Waals surface area contributed by atoms with Crippen LogP contribution in [0.4, 0.5) is 11.4 Å². The molecule has 0 aliphatic carbocycles. The Morgan fingerprint density at radius 3 is 2.33 bits per heavy atom. The molecule has 1 atom stereocenters. The molecule has 120 valence electrons. The van der Waals surface area contributed by atoms with E-state index >= 15 is 0 Å². The third-order valence-corrected chi connectivity index (χ3v) is 6.21. The van der Waals surface area contributed by atoms with Gasteiger partial charge in [-0.15, -0.1) is 0 Å². The minimum Gasteiger partial charge on any atom is -0.354 e. The van der Waals surface area contributed by atoms with E-state index in [-0.39, 0.29) is 5.92 Å².